The third kappa shape index (κ3) is 9.76. The first kappa shape index (κ1) is 42.6. The first-order valence-electron chi connectivity index (χ1n) is 15.8. The predicted molar refractivity (Wildman–Crippen MR) is 193 cm³/mol. The molecule has 0 unspecified atom stereocenters. The molecule has 284 valence electrons. The molecule has 0 atom stereocenters. The van der Waals surface area contributed by atoms with Gasteiger partial charge in [0.1, 0.15) is 30.9 Å². The summed E-state index contributed by atoms with van der Waals surface area (Å²) < 4.78 is 85.4. The van der Waals surface area contributed by atoms with Crippen LogP contribution in [0.2, 0.25) is 10.0 Å². The SMILES string of the molecule is CC(C)(C)Cc1cc(NC(=O)C(C)(C)S(=O)(=O)c2ccc(Cl)cc2F)on1.CCCc1cc(NC(=O)C(C)(C)S(=O)(=O)c2ccc(Cl)cc2F)on1. The van der Waals surface area contributed by atoms with Crippen LogP contribution in [-0.2, 0) is 42.1 Å². The maximum Gasteiger partial charge on any atom is 0.248 e. The number of amides is 2. The Bertz CT molecular complexity index is 2160. The second-order valence-electron chi connectivity index (χ2n) is 13.9. The van der Waals surface area contributed by atoms with Crippen LogP contribution < -0.4 is 10.6 Å². The molecular weight excluding hydrogens is 765 g/mol. The van der Waals surface area contributed by atoms with E-state index < -0.39 is 62.4 Å². The molecule has 2 amide bonds. The molecule has 0 radical (unpaired) electrons. The van der Waals surface area contributed by atoms with Crippen LogP contribution in [0.3, 0.4) is 0 Å². The van der Waals surface area contributed by atoms with E-state index >= 15 is 0 Å². The van der Waals surface area contributed by atoms with Gasteiger partial charge in [-0.15, -0.1) is 0 Å². The molecule has 12 nitrogen and oxygen atoms in total. The molecule has 0 spiro atoms. The molecule has 0 bridgehead atoms. The average Bonchev–Trinajstić information content (AvgIpc) is 3.64. The van der Waals surface area contributed by atoms with Crippen molar-refractivity contribution in [2.24, 2.45) is 5.41 Å². The van der Waals surface area contributed by atoms with Crippen molar-refractivity contribution < 1.29 is 44.3 Å². The van der Waals surface area contributed by atoms with Gasteiger partial charge in [0.2, 0.25) is 23.6 Å². The molecule has 0 aliphatic carbocycles. The van der Waals surface area contributed by atoms with E-state index in [1.165, 1.54) is 52.0 Å². The Morgan fingerprint density at radius 2 is 1.08 bits per heavy atom. The topological polar surface area (TPSA) is 179 Å². The number of aromatic nitrogens is 2. The van der Waals surface area contributed by atoms with E-state index in [4.69, 9.17) is 32.2 Å². The number of anilines is 2. The quantitative estimate of drug-likeness (QED) is 0.152. The van der Waals surface area contributed by atoms with Gasteiger partial charge in [-0.3, -0.25) is 20.2 Å². The van der Waals surface area contributed by atoms with E-state index in [1.54, 1.807) is 0 Å². The third-order valence-electron chi connectivity index (χ3n) is 7.61. The third-order valence-corrected chi connectivity index (χ3v) is 13.0. The number of hydrogen-bond donors (Lipinski definition) is 2. The molecule has 0 fully saturated rings. The van der Waals surface area contributed by atoms with E-state index in [-0.39, 0.29) is 27.2 Å². The van der Waals surface area contributed by atoms with Gasteiger partial charge in [0.25, 0.3) is 0 Å². The zero-order valence-corrected chi connectivity index (χ0v) is 32.9. The number of carbonyl (C=O) groups is 2. The minimum absolute atomic E-state index is 0.0269. The molecule has 0 aliphatic heterocycles. The van der Waals surface area contributed by atoms with E-state index in [1.807, 2.05) is 27.7 Å². The van der Waals surface area contributed by atoms with Gasteiger partial charge in [-0.2, -0.15) is 0 Å². The summed E-state index contributed by atoms with van der Waals surface area (Å²) in [7, 11) is -8.65. The van der Waals surface area contributed by atoms with Crippen LogP contribution in [0.4, 0.5) is 20.5 Å². The second-order valence-corrected chi connectivity index (χ2v) is 19.7. The molecule has 52 heavy (non-hydrogen) atoms. The number of aryl methyl sites for hydroxylation is 1. The zero-order valence-electron chi connectivity index (χ0n) is 29.7. The van der Waals surface area contributed by atoms with Crippen molar-refractivity contribution in [2.45, 2.75) is 93.9 Å². The Kier molecular flexibility index (Phi) is 13.1. The maximum atomic E-state index is 14.1. The Labute approximate surface area is 311 Å². The lowest BCUT2D eigenvalue weighted by Crippen LogP contribution is -2.44. The van der Waals surface area contributed by atoms with E-state index in [9.17, 15) is 35.2 Å². The summed E-state index contributed by atoms with van der Waals surface area (Å²) in [5.74, 6) is -3.70. The lowest BCUT2D eigenvalue weighted by molar-refractivity contribution is -0.118. The van der Waals surface area contributed by atoms with E-state index in [0.29, 0.717) is 24.2 Å². The van der Waals surface area contributed by atoms with Gasteiger partial charge in [-0.05, 0) is 82.3 Å². The number of rotatable bonds is 11. The van der Waals surface area contributed by atoms with Gasteiger partial charge in [0.15, 0.2) is 19.7 Å². The fraction of sp³-hybridized carbons (Fsp3) is 0.412. The number of carbonyl (C=O) groups excluding carboxylic acids is 2. The summed E-state index contributed by atoms with van der Waals surface area (Å²) in [6.07, 6.45) is 2.12. The molecule has 0 saturated carbocycles. The molecule has 18 heteroatoms. The molecule has 4 rings (SSSR count). The number of nitrogens with zero attached hydrogens (tertiary/aromatic N) is 2. The number of benzene rings is 2. The second kappa shape index (κ2) is 16.0. The highest BCUT2D eigenvalue weighted by atomic mass is 35.5. The maximum absolute atomic E-state index is 14.1. The van der Waals surface area contributed by atoms with Crippen molar-refractivity contribution in [3.05, 3.63) is 81.6 Å². The standard InChI is InChI=1S/C18H22ClFN2O4S.C16H18ClFN2O4S/c1-17(2,3)10-12-9-15(26-22-12)21-16(23)18(4,5)27(24,25)14-7-6-11(19)8-13(14)20;1-4-5-11-9-14(24-20-11)19-15(21)16(2,3)25(22,23)13-7-6-10(17)8-12(13)18/h6-9H,10H2,1-5H3,(H,21,23);6-9H,4-5H2,1-3H3,(H,19,21). The number of nitrogens with one attached hydrogen (secondary N) is 2. The van der Waals surface area contributed by atoms with Crippen LogP contribution in [0.1, 0.15) is 73.2 Å². The fourth-order valence-electron chi connectivity index (χ4n) is 4.45. The van der Waals surface area contributed by atoms with Crippen molar-refractivity contribution in [2.75, 3.05) is 10.6 Å². The van der Waals surface area contributed by atoms with E-state index in [0.717, 1.165) is 30.7 Å². The van der Waals surface area contributed by atoms with Gasteiger partial charge in [-0.25, -0.2) is 25.6 Å². The molecule has 2 heterocycles. The first-order valence-corrected chi connectivity index (χ1v) is 19.5. The first-order chi connectivity index (χ1) is 23.8. The van der Waals surface area contributed by atoms with Crippen molar-refractivity contribution >= 4 is 66.5 Å². The molecule has 0 aliphatic rings. The summed E-state index contributed by atoms with van der Waals surface area (Å²) in [5, 5.41) is 12.5. The Hall–Kier alpha value is -3.86. The molecule has 0 saturated heterocycles. The summed E-state index contributed by atoms with van der Waals surface area (Å²) >= 11 is 11.3. The number of hydrogen-bond acceptors (Lipinski definition) is 10. The van der Waals surface area contributed by atoms with Crippen LogP contribution >= 0.6 is 23.2 Å². The molecule has 2 aromatic heterocycles. The summed E-state index contributed by atoms with van der Waals surface area (Å²) in [6.45, 7) is 12.8. The Morgan fingerprint density at radius 1 is 0.692 bits per heavy atom. The highest BCUT2D eigenvalue weighted by Crippen LogP contribution is 2.32. The lowest BCUT2D eigenvalue weighted by Gasteiger charge is -2.23. The highest BCUT2D eigenvalue weighted by molar-refractivity contribution is 7.94. The van der Waals surface area contributed by atoms with Crippen molar-refractivity contribution in [1.29, 1.82) is 0 Å². The largest absolute Gasteiger partial charge is 0.338 e. The predicted octanol–water partition coefficient (Wildman–Crippen LogP) is 7.86. The Morgan fingerprint density at radius 3 is 1.44 bits per heavy atom. The monoisotopic (exact) mass is 804 g/mol. The minimum Gasteiger partial charge on any atom is -0.338 e. The van der Waals surface area contributed by atoms with Gasteiger partial charge in [-0.1, -0.05) is 67.6 Å². The van der Waals surface area contributed by atoms with Gasteiger partial charge in [0.05, 0.1) is 11.4 Å². The molecular formula is C34H40Cl2F2N4O8S2. The van der Waals surface area contributed by atoms with Gasteiger partial charge < -0.3 is 9.05 Å². The minimum atomic E-state index is -4.34. The molecule has 4 aromatic rings. The van der Waals surface area contributed by atoms with Crippen LogP contribution in [0, 0.1) is 17.0 Å². The zero-order chi connectivity index (χ0) is 39.4. The number of sulfone groups is 2. The van der Waals surface area contributed by atoms with Crippen LogP contribution in [0.5, 0.6) is 0 Å². The molecule has 2 N–H and O–H groups in total. The lowest BCUT2D eigenvalue weighted by atomic mass is 9.91. The van der Waals surface area contributed by atoms with Crippen molar-refractivity contribution in [3.8, 4) is 0 Å². The fourth-order valence-corrected chi connectivity index (χ4v) is 7.58. The van der Waals surface area contributed by atoms with E-state index in [2.05, 4.69) is 20.9 Å². The Balaban J connectivity index is 0.000000281. The van der Waals surface area contributed by atoms with Crippen LogP contribution in [-0.4, -0.2) is 48.5 Å². The van der Waals surface area contributed by atoms with Gasteiger partial charge >= 0.3 is 0 Å². The van der Waals surface area contributed by atoms with Crippen molar-refractivity contribution in [1.82, 2.24) is 10.3 Å². The highest BCUT2D eigenvalue weighted by Gasteiger charge is 2.45. The van der Waals surface area contributed by atoms with Crippen LogP contribution in [0.25, 0.3) is 0 Å². The number of halogens is 4. The summed E-state index contributed by atoms with van der Waals surface area (Å²) in [4.78, 5) is 23.9. The molecule has 2 aromatic carbocycles. The normalized spacial score (nSPS) is 12.5. The summed E-state index contributed by atoms with van der Waals surface area (Å²) in [6, 6.07) is 9.41. The summed E-state index contributed by atoms with van der Waals surface area (Å²) in [5.41, 5.74) is 1.23. The van der Waals surface area contributed by atoms with Crippen molar-refractivity contribution in [3.63, 3.8) is 0 Å². The van der Waals surface area contributed by atoms with Crippen LogP contribution in [0.15, 0.2) is 67.4 Å². The average molecular weight is 806 g/mol. The van der Waals surface area contributed by atoms with Gasteiger partial charge in [0, 0.05) is 22.2 Å². The smallest absolute Gasteiger partial charge is 0.248 e.